The predicted octanol–water partition coefficient (Wildman–Crippen LogP) is 5.24. The van der Waals surface area contributed by atoms with Gasteiger partial charge in [0, 0.05) is 11.1 Å². The van der Waals surface area contributed by atoms with Gasteiger partial charge in [0.05, 0.1) is 12.5 Å². The van der Waals surface area contributed by atoms with Crippen LogP contribution in [-0.4, -0.2) is 7.11 Å². The van der Waals surface area contributed by atoms with Crippen molar-refractivity contribution in [2.24, 2.45) is 0 Å². The number of halogens is 1. The maximum absolute atomic E-state index is 12.4. The standard InChI is InChI=1S/C20H17ClO3/c1-12-10-18-19(13(2)20(12)21)17(22)11-16(24-18)9-6-14-4-7-15(23-3)8-5-14/h4-11H,1-3H3/b9-6+. The van der Waals surface area contributed by atoms with Crippen molar-refractivity contribution in [3.63, 3.8) is 0 Å². The second-order valence-corrected chi connectivity index (χ2v) is 6.00. The smallest absolute Gasteiger partial charge is 0.193 e. The maximum Gasteiger partial charge on any atom is 0.193 e. The first-order chi connectivity index (χ1) is 11.5. The Bertz CT molecular complexity index is 982. The van der Waals surface area contributed by atoms with Crippen LogP contribution in [0.1, 0.15) is 22.5 Å². The average Bonchev–Trinajstić information content (AvgIpc) is 2.58. The molecule has 2 aromatic carbocycles. The molecule has 0 aliphatic heterocycles. The molecule has 0 bridgehead atoms. The van der Waals surface area contributed by atoms with Gasteiger partial charge in [-0.2, -0.15) is 0 Å². The molecule has 1 heterocycles. The number of benzene rings is 2. The third-order valence-corrected chi connectivity index (χ3v) is 4.53. The molecule has 0 aliphatic carbocycles. The van der Waals surface area contributed by atoms with E-state index in [2.05, 4.69) is 0 Å². The van der Waals surface area contributed by atoms with Gasteiger partial charge in [-0.1, -0.05) is 29.8 Å². The number of ether oxygens (including phenoxy) is 1. The topological polar surface area (TPSA) is 39.4 Å². The van der Waals surface area contributed by atoms with Crippen LogP contribution < -0.4 is 10.2 Å². The van der Waals surface area contributed by atoms with Crippen molar-refractivity contribution < 1.29 is 9.15 Å². The summed E-state index contributed by atoms with van der Waals surface area (Å²) in [6.07, 6.45) is 3.67. The second kappa shape index (κ2) is 6.54. The van der Waals surface area contributed by atoms with E-state index < -0.39 is 0 Å². The maximum atomic E-state index is 12.4. The Labute approximate surface area is 145 Å². The largest absolute Gasteiger partial charge is 0.497 e. The van der Waals surface area contributed by atoms with Crippen molar-refractivity contribution in [2.75, 3.05) is 7.11 Å². The molecule has 0 fully saturated rings. The fraction of sp³-hybridized carbons (Fsp3) is 0.150. The molecule has 0 unspecified atom stereocenters. The molecular formula is C20H17ClO3. The van der Waals surface area contributed by atoms with Crippen LogP contribution in [0.2, 0.25) is 5.02 Å². The van der Waals surface area contributed by atoms with Gasteiger partial charge in [-0.3, -0.25) is 4.79 Å². The van der Waals surface area contributed by atoms with E-state index in [-0.39, 0.29) is 5.43 Å². The van der Waals surface area contributed by atoms with Crippen LogP contribution in [0, 0.1) is 13.8 Å². The number of methoxy groups -OCH3 is 1. The van der Waals surface area contributed by atoms with Crippen LogP contribution in [0.4, 0.5) is 0 Å². The third kappa shape index (κ3) is 3.08. The molecule has 122 valence electrons. The SMILES string of the molecule is COc1ccc(/C=C/c2cc(=O)c3c(C)c(Cl)c(C)cc3o2)cc1. The van der Waals surface area contributed by atoms with E-state index in [0.717, 1.165) is 22.4 Å². The summed E-state index contributed by atoms with van der Waals surface area (Å²) in [7, 11) is 1.63. The Morgan fingerprint density at radius 2 is 1.79 bits per heavy atom. The summed E-state index contributed by atoms with van der Waals surface area (Å²) < 4.78 is 11.0. The third-order valence-electron chi connectivity index (χ3n) is 3.95. The van der Waals surface area contributed by atoms with Gasteiger partial charge in [0.25, 0.3) is 0 Å². The summed E-state index contributed by atoms with van der Waals surface area (Å²) in [5.41, 5.74) is 3.09. The summed E-state index contributed by atoms with van der Waals surface area (Å²) in [6, 6.07) is 10.9. The highest BCUT2D eigenvalue weighted by molar-refractivity contribution is 6.33. The summed E-state index contributed by atoms with van der Waals surface area (Å²) in [5.74, 6) is 1.30. The molecule has 0 N–H and O–H groups in total. The minimum atomic E-state index is -0.0926. The lowest BCUT2D eigenvalue weighted by molar-refractivity contribution is 0.415. The fourth-order valence-corrected chi connectivity index (χ4v) is 2.79. The highest BCUT2D eigenvalue weighted by Gasteiger charge is 2.11. The average molecular weight is 341 g/mol. The van der Waals surface area contributed by atoms with E-state index in [1.807, 2.05) is 44.2 Å². The van der Waals surface area contributed by atoms with Crippen molar-refractivity contribution in [2.45, 2.75) is 13.8 Å². The molecular weight excluding hydrogens is 324 g/mol. The Kier molecular flexibility index (Phi) is 4.45. The second-order valence-electron chi connectivity index (χ2n) is 5.63. The lowest BCUT2D eigenvalue weighted by Crippen LogP contribution is -2.03. The molecule has 0 aliphatic rings. The number of rotatable bonds is 3. The molecule has 3 aromatic rings. The Morgan fingerprint density at radius 3 is 2.46 bits per heavy atom. The molecule has 3 nitrogen and oxygen atoms in total. The van der Waals surface area contributed by atoms with Gasteiger partial charge in [-0.15, -0.1) is 0 Å². The zero-order chi connectivity index (χ0) is 17.3. The van der Waals surface area contributed by atoms with E-state index >= 15 is 0 Å². The van der Waals surface area contributed by atoms with Gasteiger partial charge in [0.1, 0.15) is 17.1 Å². The lowest BCUT2D eigenvalue weighted by Gasteiger charge is -2.07. The zero-order valence-electron chi connectivity index (χ0n) is 13.7. The van der Waals surface area contributed by atoms with Gasteiger partial charge in [-0.25, -0.2) is 0 Å². The minimum absolute atomic E-state index is 0.0926. The van der Waals surface area contributed by atoms with E-state index in [1.54, 1.807) is 19.3 Å². The molecule has 4 heteroatoms. The normalized spacial score (nSPS) is 11.3. The molecule has 0 radical (unpaired) electrons. The molecule has 0 amide bonds. The number of aryl methyl sites for hydroxylation is 2. The Balaban J connectivity index is 2.02. The van der Waals surface area contributed by atoms with E-state index in [4.69, 9.17) is 20.8 Å². The highest BCUT2D eigenvalue weighted by Crippen LogP contribution is 2.27. The van der Waals surface area contributed by atoms with Crippen molar-refractivity contribution in [3.05, 3.63) is 74.1 Å². The van der Waals surface area contributed by atoms with Crippen LogP contribution in [0.5, 0.6) is 5.75 Å². The number of fused-ring (bicyclic) bond motifs is 1. The molecule has 0 saturated heterocycles. The first-order valence-corrected chi connectivity index (χ1v) is 7.93. The fourth-order valence-electron chi connectivity index (χ4n) is 2.64. The Hall–Kier alpha value is -2.52. The van der Waals surface area contributed by atoms with Gasteiger partial charge in [0.15, 0.2) is 5.43 Å². The summed E-state index contributed by atoms with van der Waals surface area (Å²) in [6.45, 7) is 3.73. The van der Waals surface area contributed by atoms with Crippen molar-refractivity contribution >= 4 is 34.7 Å². The van der Waals surface area contributed by atoms with Crippen LogP contribution in [0.15, 0.2) is 45.6 Å². The highest BCUT2D eigenvalue weighted by atomic mass is 35.5. The van der Waals surface area contributed by atoms with Gasteiger partial charge < -0.3 is 9.15 Å². The van der Waals surface area contributed by atoms with Crippen LogP contribution in [-0.2, 0) is 0 Å². The zero-order valence-corrected chi connectivity index (χ0v) is 14.5. The summed E-state index contributed by atoms with van der Waals surface area (Å²) >= 11 is 6.23. The molecule has 3 rings (SSSR count). The van der Waals surface area contributed by atoms with E-state index in [1.165, 1.54) is 6.07 Å². The number of hydrogen-bond donors (Lipinski definition) is 0. The van der Waals surface area contributed by atoms with Gasteiger partial charge in [0.2, 0.25) is 0 Å². The molecule has 0 atom stereocenters. The minimum Gasteiger partial charge on any atom is -0.497 e. The summed E-state index contributed by atoms with van der Waals surface area (Å²) in [5, 5.41) is 1.14. The predicted molar refractivity (Wildman–Crippen MR) is 98.9 cm³/mol. The van der Waals surface area contributed by atoms with Gasteiger partial charge >= 0.3 is 0 Å². The van der Waals surface area contributed by atoms with E-state index in [9.17, 15) is 4.79 Å². The van der Waals surface area contributed by atoms with Crippen LogP contribution in [0.3, 0.4) is 0 Å². The first kappa shape index (κ1) is 16.3. The monoisotopic (exact) mass is 340 g/mol. The van der Waals surface area contributed by atoms with Crippen molar-refractivity contribution in [3.8, 4) is 5.75 Å². The number of hydrogen-bond acceptors (Lipinski definition) is 3. The van der Waals surface area contributed by atoms with E-state index in [0.29, 0.717) is 21.8 Å². The Morgan fingerprint density at radius 1 is 1.08 bits per heavy atom. The van der Waals surface area contributed by atoms with Crippen molar-refractivity contribution in [1.29, 1.82) is 0 Å². The molecule has 0 spiro atoms. The van der Waals surface area contributed by atoms with Crippen molar-refractivity contribution in [1.82, 2.24) is 0 Å². The molecule has 24 heavy (non-hydrogen) atoms. The molecule has 0 saturated carbocycles. The lowest BCUT2D eigenvalue weighted by atomic mass is 10.1. The first-order valence-electron chi connectivity index (χ1n) is 7.55. The molecule has 1 aromatic heterocycles. The quantitative estimate of drug-likeness (QED) is 0.654. The summed E-state index contributed by atoms with van der Waals surface area (Å²) in [4.78, 5) is 12.4. The van der Waals surface area contributed by atoms with Crippen LogP contribution >= 0.6 is 11.6 Å². The van der Waals surface area contributed by atoms with Gasteiger partial charge in [-0.05, 0) is 54.8 Å². The van der Waals surface area contributed by atoms with Crippen LogP contribution in [0.25, 0.3) is 23.1 Å².